The molecule has 5 atom stereocenters. The van der Waals surface area contributed by atoms with Gasteiger partial charge < -0.3 is 30.5 Å². The fourth-order valence-electron chi connectivity index (χ4n) is 1.61. The van der Waals surface area contributed by atoms with Crippen molar-refractivity contribution in [2.75, 3.05) is 12.4 Å². The van der Waals surface area contributed by atoms with Crippen LogP contribution in [0.1, 0.15) is 6.42 Å². The van der Waals surface area contributed by atoms with Crippen molar-refractivity contribution < 1.29 is 30.0 Å². The van der Waals surface area contributed by atoms with Crippen LogP contribution in [-0.4, -0.2) is 69.3 Å². The number of aliphatic hydroxyl groups is 4. The summed E-state index contributed by atoms with van der Waals surface area (Å²) >= 11 is 3.87. The smallest absolute Gasteiger partial charge is 0.221 e. The van der Waals surface area contributed by atoms with Gasteiger partial charge in [0, 0.05) is 6.42 Å². The van der Waals surface area contributed by atoms with Crippen molar-refractivity contribution in [3.63, 3.8) is 0 Å². The van der Waals surface area contributed by atoms with Gasteiger partial charge in [-0.1, -0.05) is 0 Å². The minimum atomic E-state index is -1.48. The summed E-state index contributed by atoms with van der Waals surface area (Å²) < 4.78 is 4.87. The van der Waals surface area contributed by atoms with Crippen LogP contribution >= 0.6 is 12.6 Å². The van der Waals surface area contributed by atoms with Crippen LogP contribution in [0.3, 0.4) is 0 Å². The summed E-state index contributed by atoms with van der Waals surface area (Å²) in [5.74, 6) is -0.0886. The molecule has 1 amide bonds. The number of thiol groups is 1. The Labute approximate surface area is 104 Å². The van der Waals surface area contributed by atoms with Crippen LogP contribution in [0.15, 0.2) is 0 Å². The Morgan fingerprint density at radius 1 is 1.29 bits per heavy atom. The lowest BCUT2D eigenvalue weighted by Crippen LogP contribution is -2.64. The SMILES string of the molecule is O=C(CCS)N[C@H]1C(O)O[C@H](CO)[C@H](O)[C@@H]1O. The van der Waals surface area contributed by atoms with Crippen molar-refractivity contribution in [3.8, 4) is 0 Å². The molecule has 1 aliphatic heterocycles. The summed E-state index contributed by atoms with van der Waals surface area (Å²) in [5, 5.41) is 40.0. The molecule has 1 rings (SSSR count). The predicted octanol–water partition coefficient (Wildman–Crippen LogP) is -2.78. The third-order valence-electron chi connectivity index (χ3n) is 2.57. The first-order valence-corrected chi connectivity index (χ1v) is 5.85. The molecule has 1 unspecified atom stereocenters. The fraction of sp³-hybridized carbons (Fsp3) is 0.889. The lowest BCUT2D eigenvalue weighted by atomic mass is 9.97. The summed E-state index contributed by atoms with van der Waals surface area (Å²) in [7, 11) is 0. The van der Waals surface area contributed by atoms with Crippen molar-refractivity contribution in [1.29, 1.82) is 0 Å². The van der Waals surface area contributed by atoms with E-state index in [1.807, 2.05) is 0 Å². The standard InChI is InChI=1S/C9H17NO6S/c11-3-4-7(13)8(14)6(9(15)16-4)10-5(12)1-2-17/h4,6-9,11,13-15,17H,1-3H2,(H,10,12)/t4-,6-,7+,8-,9?/m1/s1. The highest BCUT2D eigenvalue weighted by Crippen LogP contribution is 2.19. The first-order chi connectivity index (χ1) is 8.01. The Kier molecular flexibility index (Phi) is 5.63. The van der Waals surface area contributed by atoms with E-state index in [-0.39, 0.29) is 6.42 Å². The topological polar surface area (TPSA) is 119 Å². The molecule has 7 nitrogen and oxygen atoms in total. The number of ether oxygens (including phenoxy) is 1. The van der Waals surface area contributed by atoms with Crippen molar-refractivity contribution in [3.05, 3.63) is 0 Å². The molecule has 0 saturated carbocycles. The van der Waals surface area contributed by atoms with Gasteiger partial charge in [-0.15, -0.1) is 0 Å². The average molecular weight is 267 g/mol. The molecule has 0 aromatic heterocycles. The zero-order valence-electron chi connectivity index (χ0n) is 9.06. The lowest BCUT2D eigenvalue weighted by molar-refractivity contribution is -0.253. The minimum absolute atomic E-state index is 0.124. The highest BCUT2D eigenvalue weighted by molar-refractivity contribution is 7.80. The van der Waals surface area contributed by atoms with Crippen LogP contribution in [-0.2, 0) is 9.53 Å². The quantitative estimate of drug-likeness (QED) is 0.307. The normalized spacial score (nSPS) is 37.8. The molecule has 17 heavy (non-hydrogen) atoms. The number of hydrogen-bond acceptors (Lipinski definition) is 7. The number of aliphatic hydroxyl groups excluding tert-OH is 4. The van der Waals surface area contributed by atoms with Gasteiger partial charge in [-0.3, -0.25) is 4.79 Å². The maximum atomic E-state index is 11.3. The molecule has 0 radical (unpaired) electrons. The van der Waals surface area contributed by atoms with Gasteiger partial charge in [-0.2, -0.15) is 12.6 Å². The summed E-state index contributed by atoms with van der Waals surface area (Å²) in [6.45, 7) is -0.535. The zero-order chi connectivity index (χ0) is 13.0. The second-order valence-corrected chi connectivity index (χ2v) is 4.24. The van der Waals surface area contributed by atoms with E-state index >= 15 is 0 Å². The van der Waals surface area contributed by atoms with Gasteiger partial charge in [0.25, 0.3) is 0 Å². The maximum Gasteiger partial charge on any atom is 0.221 e. The van der Waals surface area contributed by atoms with E-state index in [4.69, 9.17) is 9.84 Å². The largest absolute Gasteiger partial charge is 0.394 e. The van der Waals surface area contributed by atoms with E-state index in [0.717, 1.165) is 0 Å². The minimum Gasteiger partial charge on any atom is -0.394 e. The Hall–Kier alpha value is -0.380. The molecule has 0 aliphatic carbocycles. The maximum absolute atomic E-state index is 11.3. The Balaban J connectivity index is 2.63. The van der Waals surface area contributed by atoms with E-state index in [9.17, 15) is 20.1 Å². The van der Waals surface area contributed by atoms with Crippen molar-refractivity contribution in [2.45, 2.75) is 37.1 Å². The van der Waals surface area contributed by atoms with E-state index in [1.165, 1.54) is 0 Å². The zero-order valence-corrected chi connectivity index (χ0v) is 9.96. The molecule has 1 fully saturated rings. The number of amides is 1. The number of rotatable bonds is 4. The molecule has 0 aromatic carbocycles. The van der Waals surface area contributed by atoms with Crippen LogP contribution in [0, 0.1) is 0 Å². The highest BCUT2D eigenvalue weighted by Gasteiger charge is 2.44. The first-order valence-electron chi connectivity index (χ1n) is 5.22. The van der Waals surface area contributed by atoms with Crippen LogP contribution in [0.4, 0.5) is 0 Å². The number of carbonyl (C=O) groups is 1. The van der Waals surface area contributed by atoms with Gasteiger partial charge >= 0.3 is 0 Å². The summed E-state index contributed by atoms with van der Waals surface area (Å²) in [6, 6.07) is -1.12. The predicted molar refractivity (Wildman–Crippen MR) is 60.4 cm³/mol. The van der Waals surface area contributed by atoms with E-state index in [2.05, 4.69) is 17.9 Å². The molecule has 0 spiro atoms. The second kappa shape index (κ2) is 6.53. The van der Waals surface area contributed by atoms with Crippen LogP contribution in [0.2, 0.25) is 0 Å². The third kappa shape index (κ3) is 3.54. The first kappa shape index (κ1) is 14.7. The summed E-state index contributed by atoms with van der Waals surface area (Å²) in [6.07, 6.45) is -5.20. The molecule has 5 N–H and O–H groups in total. The van der Waals surface area contributed by atoms with Gasteiger partial charge in [0.15, 0.2) is 6.29 Å². The Bertz CT molecular complexity index is 266. The molecule has 1 saturated heterocycles. The Morgan fingerprint density at radius 2 is 1.94 bits per heavy atom. The van der Waals surface area contributed by atoms with Gasteiger partial charge in [0.05, 0.1) is 6.61 Å². The van der Waals surface area contributed by atoms with E-state index < -0.39 is 43.2 Å². The number of nitrogens with one attached hydrogen (secondary N) is 1. The van der Waals surface area contributed by atoms with Gasteiger partial charge in [-0.25, -0.2) is 0 Å². The average Bonchev–Trinajstić information content (AvgIpc) is 2.29. The van der Waals surface area contributed by atoms with Crippen molar-refractivity contribution >= 4 is 18.5 Å². The van der Waals surface area contributed by atoms with Crippen molar-refractivity contribution in [2.24, 2.45) is 0 Å². The van der Waals surface area contributed by atoms with Gasteiger partial charge in [0.1, 0.15) is 24.4 Å². The summed E-state index contributed by atoms with van der Waals surface area (Å²) in [5.41, 5.74) is 0. The lowest BCUT2D eigenvalue weighted by Gasteiger charge is -2.40. The molecule has 100 valence electrons. The van der Waals surface area contributed by atoms with E-state index in [0.29, 0.717) is 5.75 Å². The van der Waals surface area contributed by atoms with Crippen molar-refractivity contribution in [1.82, 2.24) is 5.32 Å². The van der Waals surface area contributed by atoms with Crippen LogP contribution in [0.25, 0.3) is 0 Å². The molecule has 8 heteroatoms. The van der Waals surface area contributed by atoms with E-state index in [1.54, 1.807) is 0 Å². The third-order valence-corrected chi connectivity index (χ3v) is 2.79. The van der Waals surface area contributed by atoms with Crippen LogP contribution < -0.4 is 5.32 Å². The molecular weight excluding hydrogens is 250 g/mol. The number of carbonyl (C=O) groups excluding carboxylic acids is 1. The van der Waals surface area contributed by atoms with Crippen LogP contribution in [0.5, 0.6) is 0 Å². The molecule has 1 aliphatic rings. The highest BCUT2D eigenvalue weighted by atomic mass is 32.1. The van der Waals surface area contributed by atoms with Gasteiger partial charge in [0.2, 0.25) is 5.91 Å². The fourth-order valence-corrected chi connectivity index (χ4v) is 1.82. The summed E-state index contributed by atoms with van der Waals surface area (Å²) in [4.78, 5) is 11.3. The monoisotopic (exact) mass is 267 g/mol. The number of hydrogen-bond donors (Lipinski definition) is 6. The van der Waals surface area contributed by atoms with Gasteiger partial charge in [-0.05, 0) is 5.75 Å². The molecular formula is C9H17NO6S. The second-order valence-electron chi connectivity index (χ2n) is 3.80. The molecule has 0 aromatic rings. The molecule has 0 bridgehead atoms. The Morgan fingerprint density at radius 3 is 2.47 bits per heavy atom. The molecule has 1 heterocycles.